The van der Waals surface area contributed by atoms with E-state index in [0.717, 1.165) is 25.9 Å². The molecule has 88 valence electrons. The van der Waals surface area contributed by atoms with Crippen molar-refractivity contribution in [2.75, 3.05) is 27.2 Å². The summed E-state index contributed by atoms with van der Waals surface area (Å²) >= 11 is 0. The third-order valence-electron chi connectivity index (χ3n) is 3.27. The van der Waals surface area contributed by atoms with Crippen molar-refractivity contribution in [2.45, 2.75) is 38.3 Å². The summed E-state index contributed by atoms with van der Waals surface area (Å²) in [6, 6.07) is 0.354. The lowest BCUT2D eigenvalue weighted by molar-refractivity contribution is -0.146. The normalized spacial score (nSPS) is 24.7. The molecule has 1 aliphatic rings. The van der Waals surface area contributed by atoms with Gasteiger partial charge in [-0.3, -0.25) is 9.69 Å². The summed E-state index contributed by atoms with van der Waals surface area (Å²) in [5.41, 5.74) is 0. The van der Waals surface area contributed by atoms with Gasteiger partial charge in [0.1, 0.15) is 6.04 Å². The second kappa shape index (κ2) is 6.08. The first-order valence-electron chi connectivity index (χ1n) is 5.67. The van der Waals surface area contributed by atoms with Crippen molar-refractivity contribution in [3.63, 3.8) is 0 Å². The summed E-state index contributed by atoms with van der Waals surface area (Å²) in [5.74, 6) is -0.144. The lowest BCUT2D eigenvalue weighted by atomic mass is 10.1. The van der Waals surface area contributed by atoms with Crippen LogP contribution in [-0.4, -0.2) is 50.2 Å². The molecule has 0 aliphatic carbocycles. The van der Waals surface area contributed by atoms with Gasteiger partial charge in [-0.2, -0.15) is 0 Å². The van der Waals surface area contributed by atoms with Gasteiger partial charge in [-0.1, -0.05) is 0 Å². The number of nitrogens with zero attached hydrogens (tertiary/aromatic N) is 1. The van der Waals surface area contributed by atoms with Crippen molar-refractivity contribution in [3.05, 3.63) is 0 Å². The van der Waals surface area contributed by atoms with Gasteiger partial charge < -0.3 is 10.1 Å². The summed E-state index contributed by atoms with van der Waals surface area (Å²) in [6.07, 6.45) is 3.45. The molecule has 4 nitrogen and oxygen atoms in total. The zero-order valence-electron chi connectivity index (χ0n) is 9.95. The Hall–Kier alpha value is -0.610. The Labute approximate surface area is 92.0 Å². The molecule has 4 heteroatoms. The van der Waals surface area contributed by atoms with Crippen LogP contribution in [0.2, 0.25) is 0 Å². The number of hydrogen-bond donors (Lipinski definition) is 1. The summed E-state index contributed by atoms with van der Waals surface area (Å²) in [4.78, 5) is 13.5. The Balaban J connectivity index is 2.49. The van der Waals surface area contributed by atoms with E-state index in [1.807, 2.05) is 14.0 Å². The molecule has 1 rings (SSSR count). The van der Waals surface area contributed by atoms with Gasteiger partial charge in [0.15, 0.2) is 0 Å². The quantitative estimate of drug-likeness (QED) is 0.699. The highest BCUT2D eigenvalue weighted by molar-refractivity contribution is 5.75. The van der Waals surface area contributed by atoms with Gasteiger partial charge in [0.2, 0.25) is 0 Å². The monoisotopic (exact) mass is 214 g/mol. The van der Waals surface area contributed by atoms with Crippen LogP contribution in [-0.2, 0) is 9.53 Å². The van der Waals surface area contributed by atoms with Gasteiger partial charge in [-0.05, 0) is 46.3 Å². The van der Waals surface area contributed by atoms with Crippen LogP contribution in [0.15, 0.2) is 0 Å². The van der Waals surface area contributed by atoms with Crippen molar-refractivity contribution in [1.29, 1.82) is 0 Å². The van der Waals surface area contributed by atoms with Crippen LogP contribution in [0, 0.1) is 0 Å². The average Bonchev–Trinajstić information content (AvgIpc) is 2.54. The fraction of sp³-hybridized carbons (Fsp3) is 0.909. The van der Waals surface area contributed by atoms with Crippen LogP contribution in [0.3, 0.4) is 0 Å². The van der Waals surface area contributed by atoms with Gasteiger partial charge in [-0.15, -0.1) is 0 Å². The van der Waals surface area contributed by atoms with E-state index in [1.165, 1.54) is 13.5 Å². The minimum Gasteiger partial charge on any atom is -0.468 e. The summed E-state index contributed by atoms with van der Waals surface area (Å²) in [6.45, 7) is 4.05. The SMILES string of the molecule is COC(=O)C(C)N(C)C1CCCNCC1. The molecule has 15 heavy (non-hydrogen) atoms. The Bertz CT molecular complexity index is 201. The van der Waals surface area contributed by atoms with Crippen molar-refractivity contribution >= 4 is 5.97 Å². The zero-order chi connectivity index (χ0) is 11.3. The highest BCUT2D eigenvalue weighted by Crippen LogP contribution is 2.14. The van der Waals surface area contributed by atoms with Gasteiger partial charge in [0.25, 0.3) is 0 Å². The molecule has 0 radical (unpaired) electrons. The van der Waals surface area contributed by atoms with E-state index < -0.39 is 0 Å². The molecule has 0 saturated carbocycles. The maximum atomic E-state index is 11.4. The average molecular weight is 214 g/mol. The lowest BCUT2D eigenvalue weighted by Gasteiger charge is -2.30. The second-order valence-corrected chi connectivity index (χ2v) is 4.20. The Kier molecular flexibility index (Phi) is 5.05. The molecule has 1 heterocycles. The largest absolute Gasteiger partial charge is 0.468 e. The van der Waals surface area contributed by atoms with Crippen LogP contribution in [0.4, 0.5) is 0 Å². The van der Waals surface area contributed by atoms with Crippen molar-refractivity contribution in [3.8, 4) is 0 Å². The first-order valence-corrected chi connectivity index (χ1v) is 5.67. The topological polar surface area (TPSA) is 41.6 Å². The van der Waals surface area contributed by atoms with E-state index in [1.54, 1.807) is 0 Å². The molecule has 2 unspecified atom stereocenters. The Morgan fingerprint density at radius 1 is 1.47 bits per heavy atom. The second-order valence-electron chi connectivity index (χ2n) is 4.20. The molecule has 1 fully saturated rings. The molecular weight excluding hydrogens is 192 g/mol. The van der Waals surface area contributed by atoms with E-state index in [9.17, 15) is 4.79 Å². The highest BCUT2D eigenvalue weighted by Gasteiger charge is 2.25. The summed E-state index contributed by atoms with van der Waals surface area (Å²) in [7, 11) is 3.46. The number of carbonyl (C=O) groups excluding carboxylic acids is 1. The van der Waals surface area contributed by atoms with Gasteiger partial charge in [0.05, 0.1) is 7.11 Å². The van der Waals surface area contributed by atoms with E-state index in [0.29, 0.717) is 6.04 Å². The third-order valence-corrected chi connectivity index (χ3v) is 3.27. The minimum atomic E-state index is -0.144. The molecular formula is C11H22N2O2. The molecule has 1 N–H and O–H groups in total. The number of rotatable bonds is 3. The standard InChI is InChI=1S/C11H22N2O2/c1-9(11(14)15-3)13(2)10-5-4-7-12-8-6-10/h9-10,12H,4-8H2,1-3H3. The number of hydrogen-bond acceptors (Lipinski definition) is 4. The zero-order valence-corrected chi connectivity index (χ0v) is 9.95. The van der Waals surface area contributed by atoms with Crippen molar-refractivity contribution in [1.82, 2.24) is 10.2 Å². The summed E-state index contributed by atoms with van der Waals surface area (Å²) < 4.78 is 4.76. The Morgan fingerprint density at radius 2 is 2.20 bits per heavy atom. The molecule has 1 saturated heterocycles. The molecule has 0 aromatic rings. The van der Waals surface area contributed by atoms with Crippen LogP contribution in [0.5, 0.6) is 0 Å². The number of likely N-dealkylation sites (N-methyl/N-ethyl adjacent to an activating group) is 1. The third kappa shape index (κ3) is 3.47. The van der Waals surface area contributed by atoms with E-state index in [-0.39, 0.29) is 12.0 Å². The number of ether oxygens (including phenoxy) is 1. The van der Waals surface area contributed by atoms with Crippen LogP contribution in [0.25, 0.3) is 0 Å². The van der Waals surface area contributed by atoms with Gasteiger partial charge >= 0.3 is 5.97 Å². The van der Waals surface area contributed by atoms with E-state index >= 15 is 0 Å². The molecule has 0 amide bonds. The fourth-order valence-electron chi connectivity index (χ4n) is 2.06. The number of carbonyl (C=O) groups is 1. The highest BCUT2D eigenvalue weighted by atomic mass is 16.5. The minimum absolute atomic E-state index is 0.141. The van der Waals surface area contributed by atoms with Gasteiger partial charge in [0, 0.05) is 6.04 Å². The van der Waals surface area contributed by atoms with Crippen LogP contribution < -0.4 is 5.32 Å². The lowest BCUT2D eigenvalue weighted by Crippen LogP contribution is -2.43. The summed E-state index contributed by atoms with van der Waals surface area (Å²) in [5, 5.41) is 3.37. The van der Waals surface area contributed by atoms with E-state index in [4.69, 9.17) is 4.74 Å². The molecule has 0 aromatic carbocycles. The number of nitrogens with one attached hydrogen (secondary N) is 1. The first kappa shape index (κ1) is 12.5. The predicted octanol–water partition coefficient (Wildman–Crippen LogP) is 0.622. The van der Waals surface area contributed by atoms with Gasteiger partial charge in [-0.25, -0.2) is 0 Å². The molecule has 0 aromatic heterocycles. The van der Waals surface area contributed by atoms with Crippen molar-refractivity contribution < 1.29 is 9.53 Å². The molecule has 2 atom stereocenters. The first-order chi connectivity index (χ1) is 7.16. The van der Waals surface area contributed by atoms with E-state index in [2.05, 4.69) is 10.2 Å². The van der Waals surface area contributed by atoms with Crippen LogP contribution in [0.1, 0.15) is 26.2 Å². The molecule has 1 aliphatic heterocycles. The molecule has 0 spiro atoms. The smallest absolute Gasteiger partial charge is 0.322 e. The Morgan fingerprint density at radius 3 is 2.87 bits per heavy atom. The van der Waals surface area contributed by atoms with Crippen molar-refractivity contribution in [2.24, 2.45) is 0 Å². The number of esters is 1. The molecule has 0 bridgehead atoms. The fourth-order valence-corrected chi connectivity index (χ4v) is 2.06. The predicted molar refractivity (Wildman–Crippen MR) is 59.7 cm³/mol. The maximum Gasteiger partial charge on any atom is 0.322 e. The number of methoxy groups -OCH3 is 1. The van der Waals surface area contributed by atoms with Crippen LogP contribution >= 0.6 is 0 Å². The maximum absolute atomic E-state index is 11.4.